The van der Waals surface area contributed by atoms with Crippen LogP contribution in [0.3, 0.4) is 0 Å². The molecular weight excluding hydrogens is 452 g/mol. The molecule has 1 saturated heterocycles. The molecule has 174 valence electrons. The minimum Gasteiger partial charge on any atom is -0.339 e. The molecule has 1 aliphatic carbocycles. The number of piperazine rings is 1. The van der Waals surface area contributed by atoms with Crippen LogP contribution in [0, 0.1) is 5.92 Å². The number of para-hydroxylation sites is 1. The quantitative estimate of drug-likeness (QED) is 0.601. The molecule has 34 heavy (non-hydrogen) atoms. The molecule has 1 atom stereocenters. The van der Waals surface area contributed by atoms with Gasteiger partial charge in [0.25, 0.3) is 10.0 Å². The number of carbonyl (C=O) groups excluding carboxylic acids is 1. The van der Waals surface area contributed by atoms with Crippen molar-refractivity contribution >= 4 is 32.8 Å². The van der Waals surface area contributed by atoms with Crippen molar-refractivity contribution in [3.8, 4) is 0 Å². The van der Waals surface area contributed by atoms with Gasteiger partial charge in [0.05, 0.1) is 11.4 Å². The van der Waals surface area contributed by atoms with Gasteiger partial charge in [-0.2, -0.15) is 0 Å². The van der Waals surface area contributed by atoms with Crippen LogP contribution in [0.2, 0.25) is 0 Å². The predicted octanol–water partition coefficient (Wildman–Crippen LogP) is 2.11. The number of anilines is 1. The zero-order chi connectivity index (χ0) is 23.5. The van der Waals surface area contributed by atoms with E-state index in [2.05, 4.69) is 24.6 Å². The van der Waals surface area contributed by atoms with Crippen molar-refractivity contribution in [1.29, 1.82) is 0 Å². The fraction of sp³-hybridized carbons (Fsp3) is 0.250. The van der Waals surface area contributed by atoms with E-state index >= 15 is 0 Å². The third kappa shape index (κ3) is 4.49. The fourth-order valence-electron chi connectivity index (χ4n) is 4.20. The largest absolute Gasteiger partial charge is 0.339 e. The van der Waals surface area contributed by atoms with Gasteiger partial charge in [-0.05, 0) is 30.7 Å². The predicted molar refractivity (Wildman–Crippen MR) is 128 cm³/mol. The Labute approximate surface area is 197 Å². The summed E-state index contributed by atoms with van der Waals surface area (Å²) < 4.78 is 28.6. The second kappa shape index (κ2) is 9.22. The molecular formula is C24H24N6O3S. The van der Waals surface area contributed by atoms with E-state index in [1.807, 2.05) is 17.0 Å². The highest BCUT2D eigenvalue weighted by molar-refractivity contribution is 7.89. The number of allylic oxidation sites excluding steroid dienone is 2. The number of hydrogen-bond donors (Lipinski definition) is 1. The van der Waals surface area contributed by atoms with E-state index in [1.165, 1.54) is 6.07 Å². The van der Waals surface area contributed by atoms with Gasteiger partial charge in [0.1, 0.15) is 4.90 Å². The summed E-state index contributed by atoms with van der Waals surface area (Å²) in [5, 5.41) is 0.753. The molecule has 0 bridgehead atoms. The number of carbonyl (C=O) groups is 1. The third-order valence-electron chi connectivity index (χ3n) is 5.98. The molecule has 3 aromatic rings. The Morgan fingerprint density at radius 1 is 0.941 bits per heavy atom. The maximum Gasteiger partial charge on any atom is 0.264 e. The first-order valence-electron chi connectivity index (χ1n) is 11.1. The molecule has 0 radical (unpaired) electrons. The first-order valence-corrected chi connectivity index (χ1v) is 12.6. The van der Waals surface area contributed by atoms with Crippen molar-refractivity contribution in [3.05, 3.63) is 78.9 Å². The molecule has 9 nitrogen and oxygen atoms in total. The van der Waals surface area contributed by atoms with Crippen molar-refractivity contribution < 1.29 is 13.2 Å². The fourth-order valence-corrected chi connectivity index (χ4v) is 5.45. The summed E-state index contributed by atoms with van der Waals surface area (Å²) in [6, 6.07) is 10.4. The molecule has 3 heterocycles. The molecule has 10 heteroatoms. The summed E-state index contributed by atoms with van der Waals surface area (Å²) in [5.74, 6) is 0.404. The second-order valence-electron chi connectivity index (χ2n) is 8.16. The minimum atomic E-state index is -3.82. The van der Waals surface area contributed by atoms with Gasteiger partial charge < -0.3 is 9.80 Å². The van der Waals surface area contributed by atoms with Gasteiger partial charge in [-0.1, -0.05) is 30.4 Å². The van der Waals surface area contributed by atoms with Gasteiger partial charge in [0.15, 0.2) is 0 Å². The van der Waals surface area contributed by atoms with Crippen LogP contribution in [0.4, 0.5) is 5.95 Å². The zero-order valence-electron chi connectivity index (χ0n) is 18.4. The van der Waals surface area contributed by atoms with Crippen molar-refractivity contribution in [2.45, 2.75) is 11.3 Å². The van der Waals surface area contributed by atoms with Gasteiger partial charge in [-0.3, -0.25) is 14.5 Å². The van der Waals surface area contributed by atoms with Gasteiger partial charge in [0, 0.05) is 55.9 Å². The maximum absolute atomic E-state index is 13.0. The summed E-state index contributed by atoms with van der Waals surface area (Å²) in [4.78, 5) is 29.8. The van der Waals surface area contributed by atoms with Gasteiger partial charge in [-0.25, -0.2) is 18.4 Å². The number of hydrogen-bond acceptors (Lipinski definition) is 7. The Kier molecular flexibility index (Phi) is 5.97. The molecule has 1 unspecified atom stereocenters. The molecule has 1 amide bonds. The number of rotatable bonds is 5. The van der Waals surface area contributed by atoms with E-state index in [0.29, 0.717) is 49.8 Å². The second-order valence-corrected chi connectivity index (χ2v) is 9.81. The Hall–Kier alpha value is -3.79. The molecule has 2 aliphatic rings. The van der Waals surface area contributed by atoms with Crippen LogP contribution in [0.25, 0.3) is 10.9 Å². The summed E-state index contributed by atoms with van der Waals surface area (Å²) in [7, 11) is -3.82. The average molecular weight is 477 g/mol. The smallest absolute Gasteiger partial charge is 0.264 e. The molecule has 5 rings (SSSR count). The molecule has 2 aromatic heterocycles. The standard InChI is InChI=1S/C24H24N6O3S/c31-23(29-14-16-30(17-15-29)24-26-12-3-13-27-24)19-7-9-20(10-8-19)28-34(32,33)21-6-1-4-18-5-2-11-25-22(18)21/h1-7,9-13,19,28H,8,14-17H2. The number of nitrogens with zero attached hydrogens (tertiary/aromatic N) is 5. The Morgan fingerprint density at radius 3 is 2.41 bits per heavy atom. The van der Waals surface area contributed by atoms with Gasteiger partial charge >= 0.3 is 0 Å². The van der Waals surface area contributed by atoms with Crippen molar-refractivity contribution in [3.63, 3.8) is 0 Å². The number of pyridine rings is 1. The minimum absolute atomic E-state index is 0.0429. The highest BCUT2D eigenvalue weighted by Gasteiger charge is 2.28. The highest BCUT2D eigenvalue weighted by Crippen LogP contribution is 2.24. The average Bonchev–Trinajstić information content (AvgIpc) is 2.89. The van der Waals surface area contributed by atoms with Crippen LogP contribution < -0.4 is 9.62 Å². The molecule has 0 spiro atoms. The summed E-state index contributed by atoms with van der Waals surface area (Å²) in [6.07, 6.45) is 10.6. The molecule has 1 fully saturated rings. The van der Waals surface area contributed by atoms with E-state index in [0.717, 1.165) is 5.39 Å². The summed E-state index contributed by atoms with van der Waals surface area (Å²) in [5.41, 5.74) is 0.869. The van der Waals surface area contributed by atoms with Crippen LogP contribution >= 0.6 is 0 Å². The van der Waals surface area contributed by atoms with Crippen LogP contribution in [-0.2, 0) is 14.8 Å². The van der Waals surface area contributed by atoms with Crippen molar-refractivity contribution in [1.82, 2.24) is 24.6 Å². The van der Waals surface area contributed by atoms with Crippen LogP contribution in [0.15, 0.2) is 83.8 Å². The third-order valence-corrected chi connectivity index (χ3v) is 7.39. The lowest BCUT2D eigenvalue weighted by Gasteiger charge is -2.36. The van der Waals surface area contributed by atoms with E-state index in [9.17, 15) is 13.2 Å². The number of aromatic nitrogens is 3. The number of amides is 1. The normalized spacial score (nSPS) is 18.6. The number of benzene rings is 1. The van der Waals surface area contributed by atoms with Gasteiger partial charge in [-0.15, -0.1) is 0 Å². The Bertz CT molecular complexity index is 1360. The first-order chi connectivity index (χ1) is 16.5. The summed E-state index contributed by atoms with van der Waals surface area (Å²) >= 11 is 0. The topological polar surface area (TPSA) is 108 Å². The molecule has 1 aromatic carbocycles. The van der Waals surface area contributed by atoms with E-state index in [-0.39, 0.29) is 16.7 Å². The SMILES string of the molecule is O=C(C1C=CC(NS(=O)(=O)c2cccc3cccnc23)=CC1)N1CCN(c2ncccn2)CC1. The summed E-state index contributed by atoms with van der Waals surface area (Å²) in [6.45, 7) is 2.54. The number of nitrogens with one attached hydrogen (secondary N) is 1. The Balaban J connectivity index is 1.21. The molecule has 1 aliphatic heterocycles. The van der Waals surface area contributed by atoms with E-state index in [1.54, 1.807) is 55.0 Å². The zero-order valence-corrected chi connectivity index (χ0v) is 19.2. The molecule has 1 N–H and O–H groups in total. The lowest BCUT2D eigenvalue weighted by molar-refractivity contribution is -0.134. The van der Waals surface area contributed by atoms with Crippen LogP contribution in [-0.4, -0.2) is 60.4 Å². The Morgan fingerprint density at radius 2 is 1.68 bits per heavy atom. The number of sulfonamides is 1. The molecule has 0 saturated carbocycles. The van der Waals surface area contributed by atoms with Crippen LogP contribution in [0.1, 0.15) is 6.42 Å². The first kappa shape index (κ1) is 22.0. The lowest BCUT2D eigenvalue weighted by Crippen LogP contribution is -2.50. The van der Waals surface area contributed by atoms with E-state index in [4.69, 9.17) is 0 Å². The highest BCUT2D eigenvalue weighted by atomic mass is 32.2. The van der Waals surface area contributed by atoms with Crippen LogP contribution in [0.5, 0.6) is 0 Å². The van der Waals surface area contributed by atoms with Gasteiger partial charge in [0.2, 0.25) is 11.9 Å². The lowest BCUT2D eigenvalue weighted by atomic mass is 9.97. The maximum atomic E-state index is 13.0. The monoisotopic (exact) mass is 476 g/mol. The van der Waals surface area contributed by atoms with Crippen molar-refractivity contribution in [2.75, 3.05) is 31.1 Å². The van der Waals surface area contributed by atoms with E-state index < -0.39 is 10.0 Å². The van der Waals surface area contributed by atoms with Crippen molar-refractivity contribution in [2.24, 2.45) is 5.92 Å². The number of fused-ring (bicyclic) bond motifs is 1.